The number of carbonyl (C=O) groups is 1. The number of carboxylic acids is 1. The molecule has 3 aromatic rings. The van der Waals surface area contributed by atoms with E-state index in [1.807, 2.05) is 36.4 Å². The van der Waals surface area contributed by atoms with Crippen LogP contribution in [-0.2, 0) is 0 Å². The SMILES string of the molecule is Cc1ccc(Nc2ccno2)cc1C(=O)O.c1ccccc1. The molecule has 0 saturated carbocycles. The first-order valence-electron chi connectivity index (χ1n) is 6.68. The third kappa shape index (κ3) is 4.49. The first kappa shape index (κ1) is 15.3. The van der Waals surface area contributed by atoms with Gasteiger partial charge in [0.25, 0.3) is 0 Å². The van der Waals surface area contributed by atoms with Gasteiger partial charge in [0.2, 0.25) is 5.88 Å². The van der Waals surface area contributed by atoms with Gasteiger partial charge in [-0.2, -0.15) is 0 Å². The number of carboxylic acid groups (broad SMARTS) is 1. The van der Waals surface area contributed by atoms with E-state index in [0.717, 1.165) is 5.56 Å². The number of aromatic nitrogens is 1. The van der Waals surface area contributed by atoms with E-state index >= 15 is 0 Å². The molecule has 0 atom stereocenters. The average Bonchev–Trinajstić information content (AvgIpc) is 3.04. The van der Waals surface area contributed by atoms with Crippen LogP contribution in [-0.4, -0.2) is 16.2 Å². The zero-order valence-corrected chi connectivity index (χ0v) is 12.1. The number of aromatic carboxylic acids is 1. The normalized spacial score (nSPS) is 9.50. The van der Waals surface area contributed by atoms with Crippen molar-refractivity contribution in [3.05, 3.63) is 78.0 Å². The minimum atomic E-state index is -0.946. The Morgan fingerprint density at radius 1 is 1.09 bits per heavy atom. The van der Waals surface area contributed by atoms with Crippen LogP contribution >= 0.6 is 0 Å². The first-order chi connectivity index (χ1) is 10.7. The molecule has 22 heavy (non-hydrogen) atoms. The van der Waals surface area contributed by atoms with Crippen molar-refractivity contribution >= 4 is 17.5 Å². The highest BCUT2D eigenvalue weighted by Crippen LogP contribution is 2.19. The third-order valence-corrected chi connectivity index (χ3v) is 2.84. The number of aryl methyl sites for hydroxylation is 1. The highest BCUT2D eigenvalue weighted by Gasteiger charge is 2.08. The molecule has 1 aromatic heterocycles. The zero-order valence-electron chi connectivity index (χ0n) is 12.1. The highest BCUT2D eigenvalue weighted by molar-refractivity contribution is 5.90. The molecule has 112 valence electrons. The monoisotopic (exact) mass is 296 g/mol. The Kier molecular flexibility index (Phi) is 5.31. The molecule has 5 heteroatoms. The van der Waals surface area contributed by atoms with Gasteiger partial charge in [0.05, 0.1) is 11.8 Å². The van der Waals surface area contributed by atoms with Gasteiger partial charge in [0, 0.05) is 11.8 Å². The lowest BCUT2D eigenvalue weighted by atomic mass is 10.1. The first-order valence-corrected chi connectivity index (χ1v) is 6.68. The summed E-state index contributed by atoms with van der Waals surface area (Å²) in [5.74, 6) is -0.473. The summed E-state index contributed by atoms with van der Waals surface area (Å²) >= 11 is 0. The standard InChI is InChI=1S/C11H10N2O3.C6H6/c1-7-2-3-8(6-9(7)11(14)15)13-10-4-5-12-16-10;1-2-4-6-5-3-1/h2-6,13H,1H3,(H,14,15);1-6H. The summed E-state index contributed by atoms with van der Waals surface area (Å²) < 4.78 is 4.86. The van der Waals surface area contributed by atoms with Crippen LogP contribution in [0.2, 0.25) is 0 Å². The molecule has 1 heterocycles. The van der Waals surface area contributed by atoms with Crippen molar-refractivity contribution in [2.75, 3.05) is 5.32 Å². The maximum Gasteiger partial charge on any atom is 0.336 e. The second kappa shape index (κ2) is 7.64. The highest BCUT2D eigenvalue weighted by atomic mass is 16.5. The molecule has 2 aromatic carbocycles. The maximum atomic E-state index is 10.9. The molecular formula is C17H16N2O3. The molecule has 2 N–H and O–H groups in total. The van der Waals surface area contributed by atoms with Crippen molar-refractivity contribution in [3.8, 4) is 0 Å². The lowest BCUT2D eigenvalue weighted by molar-refractivity contribution is 0.0696. The number of nitrogens with one attached hydrogen (secondary N) is 1. The summed E-state index contributed by atoms with van der Waals surface area (Å²) in [5.41, 5.74) is 1.64. The van der Waals surface area contributed by atoms with Crippen molar-refractivity contribution in [1.29, 1.82) is 0 Å². The van der Waals surface area contributed by atoms with Gasteiger partial charge in [-0.3, -0.25) is 0 Å². The minimum Gasteiger partial charge on any atom is -0.478 e. The number of nitrogens with zero attached hydrogens (tertiary/aromatic N) is 1. The molecule has 0 saturated heterocycles. The zero-order chi connectivity index (χ0) is 15.8. The van der Waals surface area contributed by atoms with Crippen LogP contribution in [0.25, 0.3) is 0 Å². The lowest BCUT2D eigenvalue weighted by Crippen LogP contribution is -2.00. The smallest absolute Gasteiger partial charge is 0.336 e. The fraction of sp³-hybridized carbons (Fsp3) is 0.0588. The third-order valence-electron chi connectivity index (χ3n) is 2.84. The van der Waals surface area contributed by atoms with Gasteiger partial charge in [-0.1, -0.05) is 47.6 Å². The van der Waals surface area contributed by atoms with E-state index in [9.17, 15) is 4.79 Å². The van der Waals surface area contributed by atoms with E-state index in [-0.39, 0.29) is 5.56 Å². The van der Waals surface area contributed by atoms with Crippen LogP contribution in [0.15, 0.2) is 71.4 Å². The molecule has 0 aliphatic carbocycles. The minimum absolute atomic E-state index is 0.268. The maximum absolute atomic E-state index is 10.9. The van der Waals surface area contributed by atoms with E-state index in [0.29, 0.717) is 11.6 Å². The largest absolute Gasteiger partial charge is 0.478 e. The van der Waals surface area contributed by atoms with Crippen LogP contribution in [0.5, 0.6) is 0 Å². The summed E-state index contributed by atoms with van der Waals surface area (Å²) in [7, 11) is 0. The van der Waals surface area contributed by atoms with Gasteiger partial charge in [-0.25, -0.2) is 4.79 Å². The Balaban J connectivity index is 0.000000246. The summed E-state index contributed by atoms with van der Waals surface area (Å²) in [4.78, 5) is 10.9. The molecule has 0 unspecified atom stereocenters. The Hall–Kier alpha value is -3.08. The van der Waals surface area contributed by atoms with E-state index in [4.69, 9.17) is 9.63 Å². The van der Waals surface area contributed by atoms with Gasteiger partial charge < -0.3 is 14.9 Å². The molecule has 5 nitrogen and oxygen atoms in total. The molecule has 3 rings (SSSR count). The molecule has 0 bridgehead atoms. The van der Waals surface area contributed by atoms with Gasteiger partial charge in [-0.05, 0) is 24.6 Å². The van der Waals surface area contributed by atoms with Gasteiger partial charge >= 0.3 is 5.97 Å². The van der Waals surface area contributed by atoms with Crippen LogP contribution < -0.4 is 5.32 Å². The molecule has 0 aliphatic rings. The summed E-state index contributed by atoms with van der Waals surface area (Å²) in [5, 5.41) is 15.4. The number of rotatable bonds is 3. The number of hydrogen-bond donors (Lipinski definition) is 2. The molecule has 0 spiro atoms. The molecule has 0 aliphatic heterocycles. The van der Waals surface area contributed by atoms with Crippen molar-refractivity contribution < 1.29 is 14.4 Å². The van der Waals surface area contributed by atoms with Crippen LogP contribution in [0.3, 0.4) is 0 Å². The van der Waals surface area contributed by atoms with Crippen LogP contribution in [0, 0.1) is 6.92 Å². The fourth-order valence-electron chi connectivity index (χ4n) is 1.74. The van der Waals surface area contributed by atoms with Gasteiger partial charge in [0.15, 0.2) is 0 Å². The summed E-state index contributed by atoms with van der Waals surface area (Å²) in [6.07, 6.45) is 1.51. The summed E-state index contributed by atoms with van der Waals surface area (Å²) in [6, 6.07) is 18.7. The van der Waals surface area contributed by atoms with Crippen LogP contribution in [0.4, 0.5) is 11.6 Å². The van der Waals surface area contributed by atoms with Gasteiger partial charge in [-0.15, -0.1) is 0 Å². The predicted octanol–water partition coefficient (Wildman–Crippen LogP) is 4.11. The van der Waals surface area contributed by atoms with Crippen molar-refractivity contribution in [3.63, 3.8) is 0 Å². The molecule has 0 fully saturated rings. The second-order valence-corrected chi connectivity index (χ2v) is 4.49. The molecular weight excluding hydrogens is 280 g/mol. The van der Waals surface area contributed by atoms with Gasteiger partial charge in [0.1, 0.15) is 0 Å². The topological polar surface area (TPSA) is 75.4 Å². The van der Waals surface area contributed by atoms with Crippen LogP contribution in [0.1, 0.15) is 15.9 Å². The van der Waals surface area contributed by atoms with Crippen molar-refractivity contribution in [1.82, 2.24) is 5.16 Å². The Morgan fingerprint density at radius 2 is 1.73 bits per heavy atom. The van der Waals surface area contributed by atoms with E-state index < -0.39 is 5.97 Å². The Labute approximate surface area is 128 Å². The number of benzene rings is 2. The summed E-state index contributed by atoms with van der Waals surface area (Å²) in [6.45, 7) is 1.75. The molecule has 0 radical (unpaired) electrons. The van der Waals surface area contributed by atoms with E-state index in [2.05, 4.69) is 10.5 Å². The van der Waals surface area contributed by atoms with E-state index in [1.54, 1.807) is 31.2 Å². The quantitative estimate of drug-likeness (QED) is 0.760. The second-order valence-electron chi connectivity index (χ2n) is 4.49. The number of anilines is 2. The predicted molar refractivity (Wildman–Crippen MR) is 84.4 cm³/mol. The fourth-order valence-corrected chi connectivity index (χ4v) is 1.74. The molecule has 0 amide bonds. The lowest BCUT2D eigenvalue weighted by Gasteiger charge is -2.05. The Bertz CT molecular complexity index is 683. The Morgan fingerprint density at radius 3 is 2.23 bits per heavy atom. The van der Waals surface area contributed by atoms with Crippen molar-refractivity contribution in [2.24, 2.45) is 0 Å². The average molecular weight is 296 g/mol. The van der Waals surface area contributed by atoms with E-state index in [1.165, 1.54) is 6.20 Å². The number of hydrogen-bond acceptors (Lipinski definition) is 4. The van der Waals surface area contributed by atoms with Crippen molar-refractivity contribution in [2.45, 2.75) is 6.92 Å².